The van der Waals surface area contributed by atoms with E-state index in [1.165, 1.54) is 6.07 Å². The van der Waals surface area contributed by atoms with Gasteiger partial charge in [0.05, 0.1) is 12.8 Å². The highest BCUT2D eigenvalue weighted by atomic mass is 16.5. The Morgan fingerprint density at radius 3 is 2.75 bits per heavy atom. The van der Waals surface area contributed by atoms with Crippen molar-refractivity contribution in [3.63, 3.8) is 0 Å². The maximum absolute atomic E-state index is 12.4. The van der Waals surface area contributed by atoms with Crippen LogP contribution in [0, 0.1) is 5.92 Å². The first kappa shape index (κ1) is 19.5. The van der Waals surface area contributed by atoms with E-state index in [2.05, 4.69) is 20.4 Å². The lowest BCUT2D eigenvalue weighted by Crippen LogP contribution is -2.30. The van der Waals surface area contributed by atoms with Gasteiger partial charge in [-0.2, -0.15) is 10.1 Å². The first-order chi connectivity index (χ1) is 13.3. The maximum atomic E-state index is 12.4. The molecule has 0 aliphatic carbocycles. The second-order valence-corrected chi connectivity index (χ2v) is 7.25. The molecule has 28 heavy (non-hydrogen) atoms. The van der Waals surface area contributed by atoms with Crippen LogP contribution in [0.3, 0.4) is 0 Å². The molecule has 3 heterocycles. The van der Waals surface area contributed by atoms with E-state index in [-0.39, 0.29) is 12.5 Å². The van der Waals surface area contributed by atoms with Crippen molar-refractivity contribution in [2.75, 3.05) is 11.9 Å². The number of nitrogens with zero attached hydrogens (tertiary/aromatic N) is 5. The van der Waals surface area contributed by atoms with Crippen LogP contribution in [-0.4, -0.2) is 36.7 Å². The van der Waals surface area contributed by atoms with Crippen LogP contribution in [0.5, 0.6) is 5.75 Å². The van der Waals surface area contributed by atoms with E-state index in [1.54, 1.807) is 29.1 Å². The van der Waals surface area contributed by atoms with Gasteiger partial charge in [-0.05, 0) is 12.0 Å². The normalized spacial score (nSPS) is 11.4. The molecule has 0 bridgehead atoms. The molecular weight excluding hydrogens is 360 g/mol. The van der Waals surface area contributed by atoms with Gasteiger partial charge in [-0.15, -0.1) is 0 Å². The van der Waals surface area contributed by atoms with Crippen molar-refractivity contribution >= 4 is 17.5 Å². The van der Waals surface area contributed by atoms with Crippen molar-refractivity contribution in [3.05, 3.63) is 46.8 Å². The standard InChI is InChI=1S/C19H24N6O3/c1-12(2)11-28-14-8-17(27)25(23-18(14)13(3)4)10-16(26)21-15-9-24-7-5-6-20-19(24)22-15/h5-9,12-13H,10-11H2,1-4H3,(H,21,26). The van der Waals surface area contributed by atoms with Crippen LogP contribution in [0.15, 0.2) is 35.5 Å². The lowest BCUT2D eigenvalue weighted by atomic mass is 10.1. The summed E-state index contributed by atoms with van der Waals surface area (Å²) in [5.74, 6) is 1.27. The Bertz CT molecular complexity index is 1000. The molecule has 0 aliphatic heterocycles. The zero-order chi connectivity index (χ0) is 20.3. The maximum Gasteiger partial charge on any atom is 0.270 e. The first-order valence-electron chi connectivity index (χ1n) is 9.18. The van der Waals surface area contributed by atoms with Crippen LogP contribution in [0.1, 0.15) is 39.3 Å². The number of nitrogens with one attached hydrogen (secondary N) is 1. The van der Waals surface area contributed by atoms with E-state index in [0.29, 0.717) is 35.6 Å². The Morgan fingerprint density at radius 2 is 2.07 bits per heavy atom. The van der Waals surface area contributed by atoms with Crippen LogP contribution in [0.25, 0.3) is 5.78 Å². The quantitative estimate of drug-likeness (QED) is 0.669. The topological polar surface area (TPSA) is 103 Å². The molecule has 3 aromatic rings. The number of hydrogen-bond donors (Lipinski definition) is 1. The van der Waals surface area contributed by atoms with Crippen molar-refractivity contribution in [2.45, 2.75) is 40.2 Å². The number of imidazole rings is 1. The summed E-state index contributed by atoms with van der Waals surface area (Å²) in [7, 11) is 0. The van der Waals surface area contributed by atoms with Gasteiger partial charge in [0.25, 0.3) is 5.56 Å². The first-order valence-corrected chi connectivity index (χ1v) is 9.18. The fourth-order valence-electron chi connectivity index (χ4n) is 2.58. The highest BCUT2D eigenvalue weighted by Crippen LogP contribution is 2.22. The molecule has 1 N–H and O–H groups in total. The molecule has 0 spiro atoms. The van der Waals surface area contributed by atoms with Crippen LogP contribution < -0.4 is 15.6 Å². The Morgan fingerprint density at radius 1 is 1.29 bits per heavy atom. The van der Waals surface area contributed by atoms with E-state index in [1.807, 2.05) is 27.7 Å². The highest BCUT2D eigenvalue weighted by molar-refractivity contribution is 5.89. The molecule has 9 heteroatoms. The van der Waals surface area contributed by atoms with E-state index in [0.717, 1.165) is 4.68 Å². The molecule has 3 aromatic heterocycles. The summed E-state index contributed by atoms with van der Waals surface area (Å²) in [6.07, 6.45) is 5.05. The smallest absolute Gasteiger partial charge is 0.270 e. The predicted octanol–water partition coefficient (Wildman–Crippen LogP) is 2.08. The molecule has 0 radical (unpaired) electrons. The third kappa shape index (κ3) is 4.54. The van der Waals surface area contributed by atoms with Gasteiger partial charge >= 0.3 is 0 Å². The van der Waals surface area contributed by atoms with E-state index < -0.39 is 11.5 Å². The molecule has 0 unspecified atom stereocenters. The number of rotatable bonds is 7. The van der Waals surface area contributed by atoms with Crippen molar-refractivity contribution in [1.82, 2.24) is 24.1 Å². The van der Waals surface area contributed by atoms with E-state index >= 15 is 0 Å². The van der Waals surface area contributed by atoms with Gasteiger partial charge in [0, 0.05) is 24.4 Å². The third-order valence-electron chi connectivity index (χ3n) is 3.91. The molecule has 3 rings (SSSR count). The van der Waals surface area contributed by atoms with Crippen molar-refractivity contribution < 1.29 is 9.53 Å². The van der Waals surface area contributed by atoms with Gasteiger partial charge in [-0.3, -0.25) is 14.0 Å². The van der Waals surface area contributed by atoms with Gasteiger partial charge in [-0.25, -0.2) is 9.67 Å². The molecule has 0 saturated carbocycles. The summed E-state index contributed by atoms with van der Waals surface area (Å²) in [4.78, 5) is 33.1. The lowest BCUT2D eigenvalue weighted by molar-refractivity contribution is -0.117. The van der Waals surface area contributed by atoms with E-state index in [4.69, 9.17) is 4.74 Å². The Kier molecular flexibility index (Phi) is 5.72. The molecule has 1 amide bonds. The number of ether oxygens (including phenoxy) is 1. The van der Waals surface area contributed by atoms with Gasteiger partial charge in [0.2, 0.25) is 11.7 Å². The summed E-state index contributed by atoms with van der Waals surface area (Å²) < 4.78 is 8.57. The summed E-state index contributed by atoms with van der Waals surface area (Å²) in [5.41, 5.74) is 0.250. The summed E-state index contributed by atoms with van der Waals surface area (Å²) in [6, 6.07) is 3.16. The van der Waals surface area contributed by atoms with Gasteiger partial charge in [-0.1, -0.05) is 27.7 Å². The van der Waals surface area contributed by atoms with Crippen LogP contribution in [-0.2, 0) is 11.3 Å². The van der Waals surface area contributed by atoms with Crippen molar-refractivity contribution in [3.8, 4) is 5.75 Å². The molecule has 0 saturated heterocycles. The minimum atomic E-state index is -0.399. The largest absolute Gasteiger partial charge is 0.491 e. The Hall–Kier alpha value is -3.23. The van der Waals surface area contributed by atoms with Gasteiger partial charge in [0.15, 0.2) is 5.82 Å². The summed E-state index contributed by atoms with van der Waals surface area (Å²) in [5, 5.41) is 7.02. The number of anilines is 1. The molecule has 9 nitrogen and oxygen atoms in total. The Labute approximate surface area is 162 Å². The average Bonchev–Trinajstić information content (AvgIpc) is 3.03. The second-order valence-electron chi connectivity index (χ2n) is 7.25. The average molecular weight is 384 g/mol. The van der Waals surface area contributed by atoms with E-state index in [9.17, 15) is 9.59 Å². The molecule has 0 aromatic carbocycles. The zero-order valence-corrected chi connectivity index (χ0v) is 16.4. The predicted molar refractivity (Wildman–Crippen MR) is 105 cm³/mol. The summed E-state index contributed by atoms with van der Waals surface area (Å²) in [6.45, 7) is 8.26. The number of carbonyl (C=O) groups excluding carboxylic acids is 1. The Balaban J connectivity index is 1.77. The number of hydrogen-bond acceptors (Lipinski definition) is 6. The number of aromatic nitrogens is 5. The van der Waals surface area contributed by atoms with Crippen LogP contribution in [0.2, 0.25) is 0 Å². The monoisotopic (exact) mass is 384 g/mol. The van der Waals surface area contributed by atoms with Gasteiger partial charge in [0.1, 0.15) is 18.0 Å². The third-order valence-corrected chi connectivity index (χ3v) is 3.91. The molecule has 0 aliphatic rings. The minimum Gasteiger partial charge on any atom is -0.491 e. The second kappa shape index (κ2) is 8.20. The SMILES string of the molecule is CC(C)COc1cc(=O)n(CC(=O)Nc2cn3cccnc3n2)nc1C(C)C. The van der Waals surface area contributed by atoms with Crippen LogP contribution in [0.4, 0.5) is 5.82 Å². The molecule has 0 fully saturated rings. The van der Waals surface area contributed by atoms with Crippen LogP contribution >= 0.6 is 0 Å². The fourth-order valence-corrected chi connectivity index (χ4v) is 2.58. The van der Waals surface area contributed by atoms with Crippen molar-refractivity contribution in [1.29, 1.82) is 0 Å². The van der Waals surface area contributed by atoms with Gasteiger partial charge < -0.3 is 10.1 Å². The number of carbonyl (C=O) groups is 1. The zero-order valence-electron chi connectivity index (χ0n) is 16.4. The molecule has 0 atom stereocenters. The number of fused-ring (bicyclic) bond motifs is 1. The van der Waals surface area contributed by atoms with Crippen molar-refractivity contribution in [2.24, 2.45) is 5.92 Å². The lowest BCUT2D eigenvalue weighted by Gasteiger charge is -2.16. The fraction of sp³-hybridized carbons (Fsp3) is 0.421. The molecule has 148 valence electrons. The minimum absolute atomic E-state index is 0.0431. The summed E-state index contributed by atoms with van der Waals surface area (Å²) >= 11 is 0. The molecular formula is C19H24N6O3. The number of amides is 1. The highest BCUT2D eigenvalue weighted by Gasteiger charge is 2.16.